The van der Waals surface area contributed by atoms with Crippen molar-refractivity contribution in [3.05, 3.63) is 22.6 Å². The molecule has 0 spiro atoms. The van der Waals surface area contributed by atoms with E-state index in [9.17, 15) is 14.4 Å². The van der Waals surface area contributed by atoms with Gasteiger partial charge < -0.3 is 19.4 Å². The second kappa shape index (κ2) is 8.14. The number of furan rings is 1. The maximum Gasteiger partial charge on any atom is 0.310 e. The summed E-state index contributed by atoms with van der Waals surface area (Å²) in [6.45, 7) is 2.87. The number of hydrogen-bond acceptors (Lipinski definition) is 5. The van der Waals surface area contributed by atoms with Gasteiger partial charge in [0.2, 0.25) is 5.91 Å². The van der Waals surface area contributed by atoms with Crippen molar-refractivity contribution < 1.29 is 23.5 Å². The van der Waals surface area contributed by atoms with Gasteiger partial charge >= 0.3 is 5.97 Å². The monoisotopic (exact) mass is 386 g/mol. The van der Waals surface area contributed by atoms with E-state index in [0.29, 0.717) is 24.4 Å². The molecule has 1 aliphatic rings. The maximum atomic E-state index is 12.2. The average Bonchev–Trinajstić information content (AvgIpc) is 2.99. The molecule has 2 rings (SSSR count). The molecule has 1 fully saturated rings. The van der Waals surface area contributed by atoms with Crippen LogP contribution in [0.3, 0.4) is 0 Å². The van der Waals surface area contributed by atoms with Crippen molar-refractivity contribution in [3.63, 3.8) is 0 Å². The summed E-state index contributed by atoms with van der Waals surface area (Å²) in [5.74, 6) is -1.10. The molecule has 0 saturated carbocycles. The lowest BCUT2D eigenvalue weighted by Gasteiger charge is -2.31. The summed E-state index contributed by atoms with van der Waals surface area (Å²) in [6, 6.07) is 3.12. The van der Waals surface area contributed by atoms with E-state index in [1.807, 2.05) is 0 Å². The van der Waals surface area contributed by atoms with E-state index in [2.05, 4.69) is 21.2 Å². The topological polar surface area (TPSA) is 88.9 Å². The summed E-state index contributed by atoms with van der Waals surface area (Å²) in [5.41, 5.74) is 0. The highest BCUT2D eigenvalue weighted by Crippen LogP contribution is 2.18. The fourth-order valence-electron chi connectivity index (χ4n) is 2.45. The Hall–Kier alpha value is -1.83. The van der Waals surface area contributed by atoms with Crippen molar-refractivity contribution in [1.29, 1.82) is 0 Å². The summed E-state index contributed by atoms with van der Waals surface area (Å²) in [5, 5.41) is 2.52. The van der Waals surface area contributed by atoms with Crippen molar-refractivity contribution in [2.24, 2.45) is 5.92 Å². The van der Waals surface area contributed by atoms with Crippen molar-refractivity contribution in [2.75, 3.05) is 26.2 Å². The lowest BCUT2D eigenvalue weighted by molar-refractivity contribution is -0.151. The lowest BCUT2D eigenvalue weighted by Crippen LogP contribution is -2.46. The molecule has 23 heavy (non-hydrogen) atoms. The van der Waals surface area contributed by atoms with Gasteiger partial charge in [0, 0.05) is 13.1 Å². The number of rotatable bonds is 5. The van der Waals surface area contributed by atoms with Crippen molar-refractivity contribution in [1.82, 2.24) is 10.2 Å². The molecule has 1 atom stereocenters. The Morgan fingerprint density at radius 2 is 2.22 bits per heavy atom. The minimum atomic E-state index is -0.456. The minimum absolute atomic E-state index is 0.132. The third-order valence-electron chi connectivity index (χ3n) is 3.59. The number of esters is 1. The molecule has 1 saturated heterocycles. The summed E-state index contributed by atoms with van der Waals surface area (Å²) in [6.07, 6.45) is 1.46. The SMILES string of the molecule is CCOC(=O)[C@H]1CCCN(C(=O)CNC(=O)c2ccc(Br)o2)C1. The number of nitrogens with zero attached hydrogens (tertiary/aromatic N) is 1. The van der Waals surface area contributed by atoms with Crippen LogP contribution in [-0.4, -0.2) is 48.9 Å². The number of hydrogen-bond donors (Lipinski definition) is 1. The van der Waals surface area contributed by atoms with E-state index in [0.717, 1.165) is 12.8 Å². The summed E-state index contributed by atoms with van der Waals surface area (Å²) < 4.78 is 10.6. The van der Waals surface area contributed by atoms with E-state index in [1.165, 1.54) is 6.07 Å². The van der Waals surface area contributed by atoms with Crippen LogP contribution in [0, 0.1) is 5.92 Å². The van der Waals surface area contributed by atoms with Crippen LogP contribution >= 0.6 is 15.9 Å². The van der Waals surface area contributed by atoms with Crippen LogP contribution in [0.1, 0.15) is 30.3 Å². The van der Waals surface area contributed by atoms with Crippen LogP contribution < -0.4 is 5.32 Å². The number of ether oxygens (including phenoxy) is 1. The first-order chi connectivity index (χ1) is 11.0. The molecule has 8 heteroatoms. The summed E-state index contributed by atoms with van der Waals surface area (Å²) in [4.78, 5) is 37.4. The van der Waals surface area contributed by atoms with Gasteiger partial charge in [-0.3, -0.25) is 14.4 Å². The van der Waals surface area contributed by atoms with Crippen LogP contribution in [0.15, 0.2) is 21.2 Å². The predicted octanol–water partition coefficient (Wildman–Crippen LogP) is 1.57. The molecule has 1 N–H and O–H groups in total. The standard InChI is InChI=1S/C15H19BrN2O5/c1-2-22-15(21)10-4-3-7-18(9-10)13(19)8-17-14(20)11-5-6-12(16)23-11/h5-6,10H,2-4,7-9H2,1H3,(H,17,20)/t10-/m0/s1. The zero-order valence-corrected chi connectivity index (χ0v) is 14.4. The first-order valence-corrected chi connectivity index (χ1v) is 8.28. The summed E-state index contributed by atoms with van der Waals surface area (Å²) in [7, 11) is 0. The predicted molar refractivity (Wildman–Crippen MR) is 84.7 cm³/mol. The van der Waals surface area contributed by atoms with E-state index in [4.69, 9.17) is 9.15 Å². The van der Waals surface area contributed by atoms with Gasteiger partial charge in [0.25, 0.3) is 5.91 Å². The second-order valence-corrected chi connectivity index (χ2v) is 6.00. The smallest absolute Gasteiger partial charge is 0.310 e. The van der Waals surface area contributed by atoms with Gasteiger partial charge in [-0.2, -0.15) is 0 Å². The van der Waals surface area contributed by atoms with Gasteiger partial charge in [-0.25, -0.2) is 0 Å². The number of amides is 2. The van der Waals surface area contributed by atoms with Crippen LogP contribution in [0.25, 0.3) is 0 Å². The Kier molecular flexibility index (Phi) is 6.20. The molecule has 1 aliphatic heterocycles. The van der Waals surface area contributed by atoms with Gasteiger partial charge in [-0.15, -0.1) is 0 Å². The molecule has 7 nitrogen and oxygen atoms in total. The second-order valence-electron chi connectivity index (χ2n) is 5.22. The molecule has 0 radical (unpaired) electrons. The third-order valence-corrected chi connectivity index (χ3v) is 4.02. The normalized spacial score (nSPS) is 17.7. The molecule has 1 aromatic rings. The van der Waals surface area contributed by atoms with E-state index in [1.54, 1.807) is 17.9 Å². The number of halogens is 1. The Labute approximate surface area is 142 Å². The Balaban J connectivity index is 1.83. The van der Waals surface area contributed by atoms with Gasteiger partial charge in [-0.05, 0) is 47.8 Å². The molecular weight excluding hydrogens is 368 g/mol. The number of piperidine rings is 1. The number of carbonyl (C=O) groups is 3. The van der Waals surface area contributed by atoms with Crippen LogP contribution in [0.5, 0.6) is 0 Å². The van der Waals surface area contributed by atoms with E-state index >= 15 is 0 Å². The Morgan fingerprint density at radius 1 is 1.43 bits per heavy atom. The minimum Gasteiger partial charge on any atom is -0.466 e. The number of likely N-dealkylation sites (tertiary alicyclic amines) is 1. The van der Waals surface area contributed by atoms with Crippen LogP contribution in [-0.2, 0) is 14.3 Å². The highest BCUT2D eigenvalue weighted by Gasteiger charge is 2.29. The molecule has 2 amide bonds. The van der Waals surface area contributed by atoms with Crippen LogP contribution in [0.4, 0.5) is 0 Å². The van der Waals surface area contributed by atoms with Crippen molar-refractivity contribution in [3.8, 4) is 0 Å². The van der Waals surface area contributed by atoms with Gasteiger partial charge in [0.05, 0.1) is 19.1 Å². The number of nitrogens with one attached hydrogen (secondary N) is 1. The molecular formula is C15H19BrN2O5. The lowest BCUT2D eigenvalue weighted by atomic mass is 9.98. The first kappa shape index (κ1) is 17.5. The average molecular weight is 387 g/mol. The quantitative estimate of drug-likeness (QED) is 0.775. The van der Waals surface area contributed by atoms with Crippen molar-refractivity contribution in [2.45, 2.75) is 19.8 Å². The summed E-state index contributed by atoms with van der Waals surface area (Å²) >= 11 is 3.11. The van der Waals surface area contributed by atoms with Gasteiger partial charge in [-0.1, -0.05) is 0 Å². The van der Waals surface area contributed by atoms with Crippen LogP contribution in [0.2, 0.25) is 0 Å². The fraction of sp³-hybridized carbons (Fsp3) is 0.533. The Morgan fingerprint density at radius 3 is 2.87 bits per heavy atom. The van der Waals surface area contributed by atoms with E-state index in [-0.39, 0.29) is 30.1 Å². The molecule has 0 aliphatic carbocycles. The largest absolute Gasteiger partial charge is 0.466 e. The molecule has 2 heterocycles. The molecule has 0 aromatic carbocycles. The highest BCUT2D eigenvalue weighted by molar-refractivity contribution is 9.10. The maximum absolute atomic E-state index is 12.2. The zero-order valence-electron chi connectivity index (χ0n) is 12.8. The molecule has 126 valence electrons. The first-order valence-electron chi connectivity index (χ1n) is 7.49. The van der Waals surface area contributed by atoms with Gasteiger partial charge in [0.1, 0.15) is 0 Å². The van der Waals surface area contributed by atoms with Gasteiger partial charge in [0.15, 0.2) is 10.4 Å². The molecule has 0 bridgehead atoms. The Bertz CT molecular complexity index is 586. The fourth-order valence-corrected chi connectivity index (χ4v) is 2.75. The van der Waals surface area contributed by atoms with E-state index < -0.39 is 5.91 Å². The number of carbonyl (C=O) groups excluding carboxylic acids is 3. The third kappa shape index (κ3) is 4.82. The zero-order chi connectivity index (χ0) is 16.8. The highest BCUT2D eigenvalue weighted by atomic mass is 79.9. The molecule has 1 aromatic heterocycles. The van der Waals surface area contributed by atoms with Crippen molar-refractivity contribution >= 4 is 33.7 Å². The molecule has 0 unspecified atom stereocenters.